The van der Waals surface area contributed by atoms with Gasteiger partial charge in [0, 0.05) is 29.3 Å². The van der Waals surface area contributed by atoms with Crippen molar-refractivity contribution in [2.45, 2.75) is 44.4 Å². The highest BCUT2D eigenvalue weighted by Crippen LogP contribution is 2.40. The monoisotopic (exact) mass is 317 g/mol. The van der Waals surface area contributed by atoms with Gasteiger partial charge in [0.05, 0.1) is 11.1 Å². The second-order valence-corrected chi connectivity index (χ2v) is 6.50. The molecular weight excluding hydrogens is 300 g/mol. The molecule has 1 aliphatic heterocycles. The van der Waals surface area contributed by atoms with Gasteiger partial charge in [-0.3, -0.25) is 0 Å². The molecule has 2 nitrogen and oxygen atoms in total. The molecule has 1 aliphatic carbocycles. The molecule has 3 unspecified atom stereocenters. The zero-order chi connectivity index (χ0) is 14.3. The number of rotatable bonds is 4. The Morgan fingerprint density at radius 2 is 2.05 bits per heavy atom. The fraction of sp³-hybridized carbons (Fsp3) is 0.600. The molecule has 2 aliphatic rings. The largest absolute Gasteiger partial charge is 0.376 e. The molecule has 0 bridgehead atoms. The van der Waals surface area contributed by atoms with E-state index >= 15 is 0 Å². The highest BCUT2D eigenvalue weighted by atomic mass is 35.5. The molecule has 0 amide bonds. The van der Waals surface area contributed by atoms with Crippen LogP contribution in [0.4, 0.5) is 4.39 Å². The lowest BCUT2D eigenvalue weighted by atomic mass is 10.0. The maximum Gasteiger partial charge on any atom is 0.142 e. The first kappa shape index (κ1) is 14.6. The summed E-state index contributed by atoms with van der Waals surface area (Å²) < 4.78 is 19.4. The summed E-state index contributed by atoms with van der Waals surface area (Å²) in [6, 6.07) is 3.05. The second-order valence-electron chi connectivity index (χ2n) is 5.71. The molecule has 3 rings (SSSR count). The van der Waals surface area contributed by atoms with E-state index < -0.39 is 5.82 Å². The van der Waals surface area contributed by atoms with Crippen LogP contribution in [-0.4, -0.2) is 18.8 Å². The van der Waals surface area contributed by atoms with Crippen molar-refractivity contribution in [2.75, 3.05) is 6.61 Å². The van der Waals surface area contributed by atoms with Crippen LogP contribution in [0, 0.1) is 11.7 Å². The standard InChI is InChI=1S/C15H18Cl2FNO/c1-8(13-10(16)4-5-11(18)14(13)17)19-12-6-7-20-15(12)9-2-3-9/h4-5,8-9,12,15,19H,2-3,6-7H2,1H3. The molecule has 1 N–H and O–H groups in total. The normalized spacial score (nSPS) is 27.8. The number of halogens is 3. The second kappa shape index (κ2) is 5.80. The van der Waals surface area contributed by atoms with Gasteiger partial charge in [0.15, 0.2) is 0 Å². The van der Waals surface area contributed by atoms with E-state index in [1.807, 2.05) is 6.92 Å². The van der Waals surface area contributed by atoms with Gasteiger partial charge in [0.2, 0.25) is 0 Å². The Hall–Kier alpha value is -0.350. The van der Waals surface area contributed by atoms with Crippen LogP contribution in [0.25, 0.3) is 0 Å². The van der Waals surface area contributed by atoms with Gasteiger partial charge in [-0.2, -0.15) is 0 Å². The first-order valence-corrected chi connectivity index (χ1v) is 7.84. The Morgan fingerprint density at radius 1 is 1.30 bits per heavy atom. The zero-order valence-corrected chi connectivity index (χ0v) is 12.8. The highest BCUT2D eigenvalue weighted by Gasteiger charge is 2.41. The van der Waals surface area contributed by atoms with Crippen LogP contribution in [0.2, 0.25) is 10.0 Å². The minimum atomic E-state index is -0.430. The SMILES string of the molecule is CC(NC1CCOC1C1CC1)c1c(Cl)ccc(F)c1Cl. The molecule has 20 heavy (non-hydrogen) atoms. The van der Waals surface area contributed by atoms with Gasteiger partial charge < -0.3 is 10.1 Å². The molecule has 1 heterocycles. The average molecular weight is 318 g/mol. The predicted octanol–water partition coefficient (Wildman–Crippen LogP) is 4.35. The van der Waals surface area contributed by atoms with E-state index in [1.54, 1.807) is 6.07 Å². The maximum absolute atomic E-state index is 13.6. The van der Waals surface area contributed by atoms with Crippen molar-refractivity contribution in [3.63, 3.8) is 0 Å². The fourth-order valence-corrected chi connectivity index (χ4v) is 3.72. The van der Waals surface area contributed by atoms with E-state index in [4.69, 9.17) is 27.9 Å². The fourth-order valence-electron chi connectivity index (χ4n) is 3.02. The number of hydrogen-bond acceptors (Lipinski definition) is 2. The number of benzene rings is 1. The molecule has 1 saturated heterocycles. The van der Waals surface area contributed by atoms with Gasteiger partial charge >= 0.3 is 0 Å². The third-order valence-corrected chi connectivity index (χ3v) is 4.91. The summed E-state index contributed by atoms with van der Waals surface area (Å²) in [6.45, 7) is 2.75. The lowest BCUT2D eigenvalue weighted by molar-refractivity contribution is 0.0793. The van der Waals surface area contributed by atoms with E-state index in [0.29, 0.717) is 22.5 Å². The molecule has 110 valence electrons. The lowest BCUT2D eigenvalue weighted by Crippen LogP contribution is -2.39. The third kappa shape index (κ3) is 2.82. The van der Waals surface area contributed by atoms with Crippen LogP contribution in [-0.2, 0) is 4.74 Å². The Morgan fingerprint density at radius 3 is 2.75 bits per heavy atom. The molecule has 1 saturated carbocycles. The third-order valence-electron chi connectivity index (χ3n) is 4.20. The molecule has 0 aromatic heterocycles. The summed E-state index contributed by atoms with van der Waals surface area (Å²) in [5.41, 5.74) is 0.634. The summed E-state index contributed by atoms with van der Waals surface area (Å²) in [5.74, 6) is 0.252. The van der Waals surface area contributed by atoms with Gasteiger partial charge in [-0.25, -0.2) is 4.39 Å². The molecule has 3 atom stereocenters. The smallest absolute Gasteiger partial charge is 0.142 e. The maximum atomic E-state index is 13.6. The van der Waals surface area contributed by atoms with Gasteiger partial charge in [-0.15, -0.1) is 0 Å². The average Bonchev–Trinajstić information content (AvgIpc) is 3.15. The van der Waals surface area contributed by atoms with E-state index in [0.717, 1.165) is 13.0 Å². The van der Waals surface area contributed by atoms with E-state index in [2.05, 4.69) is 5.32 Å². The quantitative estimate of drug-likeness (QED) is 0.833. The Labute approximate surface area is 128 Å². The number of ether oxygens (including phenoxy) is 1. The van der Waals surface area contributed by atoms with Gasteiger partial charge in [0.25, 0.3) is 0 Å². The Bertz CT molecular complexity index is 507. The van der Waals surface area contributed by atoms with Crippen molar-refractivity contribution < 1.29 is 9.13 Å². The van der Waals surface area contributed by atoms with Crippen LogP contribution in [0.3, 0.4) is 0 Å². The van der Waals surface area contributed by atoms with Crippen molar-refractivity contribution in [2.24, 2.45) is 5.92 Å². The van der Waals surface area contributed by atoms with Crippen molar-refractivity contribution in [3.05, 3.63) is 33.6 Å². The molecule has 0 spiro atoms. The van der Waals surface area contributed by atoms with Gasteiger partial charge in [-0.05, 0) is 44.2 Å². The van der Waals surface area contributed by atoms with Crippen LogP contribution in [0.5, 0.6) is 0 Å². The van der Waals surface area contributed by atoms with Crippen LogP contribution >= 0.6 is 23.2 Å². The first-order valence-electron chi connectivity index (χ1n) is 7.09. The van der Waals surface area contributed by atoms with Gasteiger partial charge in [-0.1, -0.05) is 23.2 Å². The summed E-state index contributed by atoms with van der Waals surface area (Å²) in [4.78, 5) is 0. The molecule has 1 aromatic carbocycles. The molecule has 2 fully saturated rings. The van der Waals surface area contributed by atoms with Crippen LogP contribution < -0.4 is 5.32 Å². The summed E-state index contributed by atoms with van der Waals surface area (Å²) >= 11 is 12.2. The van der Waals surface area contributed by atoms with Crippen molar-refractivity contribution in [3.8, 4) is 0 Å². The minimum Gasteiger partial charge on any atom is -0.376 e. The van der Waals surface area contributed by atoms with Crippen molar-refractivity contribution in [1.82, 2.24) is 5.32 Å². The lowest BCUT2D eigenvalue weighted by Gasteiger charge is -2.25. The molecule has 5 heteroatoms. The minimum absolute atomic E-state index is 0.0985. The van der Waals surface area contributed by atoms with Gasteiger partial charge in [0.1, 0.15) is 5.82 Å². The van der Waals surface area contributed by atoms with E-state index in [1.165, 1.54) is 18.9 Å². The van der Waals surface area contributed by atoms with E-state index in [9.17, 15) is 4.39 Å². The highest BCUT2D eigenvalue weighted by molar-refractivity contribution is 6.36. The molecule has 1 aromatic rings. The molecular formula is C15H18Cl2FNO. The zero-order valence-electron chi connectivity index (χ0n) is 11.3. The summed E-state index contributed by atoms with van der Waals surface area (Å²) in [5, 5.41) is 4.12. The van der Waals surface area contributed by atoms with Crippen molar-refractivity contribution in [1.29, 1.82) is 0 Å². The summed E-state index contributed by atoms with van der Waals surface area (Å²) in [7, 11) is 0. The Balaban J connectivity index is 1.76. The van der Waals surface area contributed by atoms with E-state index in [-0.39, 0.29) is 17.2 Å². The summed E-state index contributed by atoms with van der Waals surface area (Å²) in [6.07, 6.45) is 3.76. The molecule has 0 radical (unpaired) electrons. The van der Waals surface area contributed by atoms with Crippen LogP contribution in [0.1, 0.15) is 37.8 Å². The first-order chi connectivity index (χ1) is 9.58. The number of hydrogen-bond donors (Lipinski definition) is 1. The predicted molar refractivity (Wildman–Crippen MR) is 78.8 cm³/mol. The Kier molecular flexibility index (Phi) is 4.23. The topological polar surface area (TPSA) is 21.3 Å². The number of nitrogens with one attached hydrogen (secondary N) is 1. The van der Waals surface area contributed by atoms with Crippen LogP contribution in [0.15, 0.2) is 12.1 Å². The van der Waals surface area contributed by atoms with Crippen molar-refractivity contribution >= 4 is 23.2 Å².